The highest BCUT2D eigenvalue weighted by Gasteiger charge is 2.19. The van der Waals surface area contributed by atoms with Crippen LogP contribution in [0.25, 0.3) is 0 Å². The van der Waals surface area contributed by atoms with Crippen LogP contribution in [0.3, 0.4) is 0 Å². The molecule has 1 fully saturated rings. The first kappa shape index (κ1) is 9.56. The highest BCUT2D eigenvalue weighted by Crippen LogP contribution is 2.34. The van der Waals surface area contributed by atoms with Gasteiger partial charge in [-0.3, -0.25) is 4.79 Å². The molecule has 0 saturated heterocycles. The molecule has 0 amide bonds. The Labute approximate surface area is 74.0 Å². The second-order valence-electron chi connectivity index (χ2n) is 3.79. The van der Waals surface area contributed by atoms with Crippen LogP contribution in [0.1, 0.15) is 51.4 Å². The normalized spacial score (nSPS) is 16.3. The van der Waals surface area contributed by atoms with Crippen LogP contribution < -0.4 is 0 Å². The molecule has 0 spiro atoms. The molecule has 0 aromatic carbocycles. The fraction of sp³-hybridized carbons (Fsp3) is 0.900. The van der Waals surface area contributed by atoms with Crippen LogP contribution in [0.4, 0.5) is 0 Å². The van der Waals surface area contributed by atoms with Crippen molar-refractivity contribution in [1.29, 1.82) is 0 Å². The Balaban J connectivity index is 1.73. The summed E-state index contributed by atoms with van der Waals surface area (Å²) >= 11 is 0. The molecule has 0 heterocycles. The molecular formula is C10H18O2. The Kier molecular flexibility index (Phi) is 4.12. The van der Waals surface area contributed by atoms with E-state index in [9.17, 15) is 4.79 Å². The summed E-state index contributed by atoms with van der Waals surface area (Å²) in [5.41, 5.74) is 0. The van der Waals surface area contributed by atoms with Crippen molar-refractivity contribution in [2.75, 3.05) is 0 Å². The molecule has 0 radical (unpaired) electrons. The lowest BCUT2D eigenvalue weighted by Crippen LogP contribution is -1.93. The summed E-state index contributed by atoms with van der Waals surface area (Å²) < 4.78 is 0. The maximum atomic E-state index is 10.2. The monoisotopic (exact) mass is 170 g/mol. The lowest BCUT2D eigenvalue weighted by Gasteiger charge is -1.97. The van der Waals surface area contributed by atoms with E-state index in [1.807, 2.05) is 0 Å². The maximum absolute atomic E-state index is 10.2. The van der Waals surface area contributed by atoms with Crippen LogP contribution in [0, 0.1) is 5.92 Å². The van der Waals surface area contributed by atoms with Gasteiger partial charge in [-0.1, -0.05) is 38.5 Å². The van der Waals surface area contributed by atoms with E-state index >= 15 is 0 Å². The van der Waals surface area contributed by atoms with Crippen LogP contribution in [0.5, 0.6) is 0 Å². The average Bonchev–Trinajstić information content (AvgIpc) is 2.79. The first-order chi connectivity index (χ1) is 5.79. The lowest BCUT2D eigenvalue weighted by atomic mass is 10.1. The highest BCUT2D eigenvalue weighted by molar-refractivity contribution is 5.66. The largest absolute Gasteiger partial charge is 0.481 e. The summed E-state index contributed by atoms with van der Waals surface area (Å²) in [7, 11) is 0. The van der Waals surface area contributed by atoms with Gasteiger partial charge in [0.05, 0.1) is 0 Å². The van der Waals surface area contributed by atoms with Gasteiger partial charge in [0.15, 0.2) is 0 Å². The quantitative estimate of drug-likeness (QED) is 0.596. The summed E-state index contributed by atoms with van der Waals surface area (Å²) in [5.74, 6) is 0.377. The number of unbranched alkanes of at least 4 members (excludes halogenated alkanes) is 3. The third kappa shape index (κ3) is 5.16. The molecule has 0 aromatic rings. The molecule has 1 saturated carbocycles. The molecular weight excluding hydrogens is 152 g/mol. The van der Waals surface area contributed by atoms with Crippen molar-refractivity contribution in [3.63, 3.8) is 0 Å². The molecule has 2 heteroatoms. The van der Waals surface area contributed by atoms with Crippen LogP contribution in [-0.4, -0.2) is 11.1 Å². The second kappa shape index (κ2) is 5.18. The van der Waals surface area contributed by atoms with E-state index in [0.717, 1.165) is 18.8 Å². The number of carbonyl (C=O) groups is 1. The summed E-state index contributed by atoms with van der Waals surface area (Å²) in [5, 5.41) is 8.37. The van der Waals surface area contributed by atoms with E-state index in [1.165, 1.54) is 32.1 Å². The minimum Gasteiger partial charge on any atom is -0.481 e. The SMILES string of the molecule is O=C(O)CCCCCCC1CC1. The Morgan fingerprint density at radius 3 is 2.42 bits per heavy atom. The standard InChI is InChI=1S/C10H18O2/c11-10(12)6-4-2-1-3-5-9-7-8-9/h9H,1-8H2,(H,11,12). The zero-order valence-electron chi connectivity index (χ0n) is 7.59. The van der Waals surface area contributed by atoms with Gasteiger partial charge in [-0.2, -0.15) is 0 Å². The van der Waals surface area contributed by atoms with Gasteiger partial charge >= 0.3 is 5.97 Å². The van der Waals surface area contributed by atoms with Crippen LogP contribution in [0.2, 0.25) is 0 Å². The predicted octanol–water partition coefficient (Wildman–Crippen LogP) is 2.82. The van der Waals surface area contributed by atoms with Gasteiger partial charge in [0.2, 0.25) is 0 Å². The Morgan fingerprint density at radius 2 is 1.83 bits per heavy atom. The fourth-order valence-electron chi connectivity index (χ4n) is 1.47. The summed E-state index contributed by atoms with van der Waals surface area (Å²) in [6, 6.07) is 0. The minimum atomic E-state index is -0.655. The lowest BCUT2D eigenvalue weighted by molar-refractivity contribution is -0.137. The van der Waals surface area contributed by atoms with Crippen LogP contribution in [-0.2, 0) is 4.79 Å². The molecule has 2 nitrogen and oxygen atoms in total. The van der Waals surface area contributed by atoms with Gasteiger partial charge in [-0.15, -0.1) is 0 Å². The van der Waals surface area contributed by atoms with Crippen molar-refractivity contribution in [3.8, 4) is 0 Å². The molecule has 0 unspecified atom stereocenters. The highest BCUT2D eigenvalue weighted by atomic mass is 16.4. The summed E-state index contributed by atoms with van der Waals surface area (Å²) in [4.78, 5) is 10.2. The first-order valence-electron chi connectivity index (χ1n) is 5.01. The smallest absolute Gasteiger partial charge is 0.303 e. The topological polar surface area (TPSA) is 37.3 Å². The number of rotatable bonds is 7. The van der Waals surface area contributed by atoms with Crippen molar-refractivity contribution in [2.45, 2.75) is 51.4 Å². The van der Waals surface area contributed by atoms with E-state index in [-0.39, 0.29) is 0 Å². The van der Waals surface area contributed by atoms with E-state index in [1.54, 1.807) is 0 Å². The van der Waals surface area contributed by atoms with E-state index in [0.29, 0.717) is 6.42 Å². The third-order valence-corrected chi connectivity index (χ3v) is 2.45. The van der Waals surface area contributed by atoms with E-state index < -0.39 is 5.97 Å². The second-order valence-corrected chi connectivity index (χ2v) is 3.79. The maximum Gasteiger partial charge on any atom is 0.303 e. The molecule has 1 N–H and O–H groups in total. The van der Waals surface area contributed by atoms with Gasteiger partial charge in [-0.05, 0) is 12.3 Å². The van der Waals surface area contributed by atoms with Crippen molar-refractivity contribution < 1.29 is 9.90 Å². The molecule has 1 aliphatic rings. The Bertz CT molecular complexity index is 139. The summed E-state index contributed by atoms with van der Waals surface area (Å²) in [6.07, 6.45) is 9.10. The molecule has 0 aliphatic heterocycles. The van der Waals surface area contributed by atoms with Crippen LogP contribution in [0.15, 0.2) is 0 Å². The minimum absolute atomic E-state index is 0.351. The number of carboxylic acids is 1. The van der Waals surface area contributed by atoms with E-state index in [4.69, 9.17) is 5.11 Å². The third-order valence-electron chi connectivity index (χ3n) is 2.45. The average molecular weight is 170 g/mol. The Hall–Kier alpha value is -0.530. The molecule has 12 heavy (non-hydrogen) atoms. The zero-order chi connectivity index (χ0) is 8.81. The van der Waals surface area contributed by atoms with Gasteiger partial charge in [0.1, 0.15) is 0 Å². The van der Waals surface area contributed by atoms with Crippen molar-refractivity contribution in [3.05, 3.63) is 0 Å². The number of aliphatic carboxylic acids is 1. The molecule has 0 aromatic heterocycles. The van der Waals surface area contributed by atoms with Gasteiger partial charge in [0, 0.05) is 6.42 Å². The van der Waals surface area contributed by atoms with Crippen molar-refractivity contribution in [1.82, 2.24) is 0 Å². The van der Waals surface area contributed by atoms with E-state index in [2.05, 4.69) is 0 Å². The number of hydrogen-bond acceptors (Lipinski definition) is 1. The van der Waals surface area contributed by atoms with Crippen molar-refractivity contribution >= 4 is 5.97 Å². The molecule has 1 rings (SSSR count). The summed E-state index contributed by atoms with van der Waals surface area (Å²) in [6.45, 7) is 0. The number of carboxylic acid groups (broad SMARTS) is 1. The molecule has 0 atom stereocenters. The molecule has 70 valence electrons. The van der Waals surface area contributed by atoms with Gasteiger partial charge in [0.25, 0.3) is 0 Å². The fourth-order valence-corrected chi connectivity index (χ4v) is 1.47. The van der Waals surface area contributed by atoms with Gasteiger partial charge < -0.3 is 5.11 Å². The van der Waals surface area contributed by atoms with Crippen molar-refractivity contribution in [2.24, 2.45) is 5.92 Å². The van der Waals surface area contributed by atoms with Gasteiger partial charge in [-0.25, -0.2) is 0 Å². The van der Waals surface area contributed by atoms with Crippen LogP contribution >= 0.6 is 0 Å². The zero-order valence-corrected chi connectivity index (χ0v) is 7.59. The number of hydrogen-bond donors (Lipinski definition) is 1. The first-order valence-corrected chi connectivity index (χ1v) is 5.01. The molecule has 0 bridgehead atoms. The predicted molar refractivity (Wildman–Crippen MR) is 48.1 cm³/mol. The molecule has 1 aliphatic carbocycles. The Morgan fingerprint density at radius 1 is 1.17 bits per heavy atom.